The van der Waals surface area contributed by atoms with Crippen LogP contribution >= 0.6 is 0 Å². The van der Waals surface area contributed by atoms with Crippen molar-refractivity contribution in [2.75, 3.05) is 52.9 Å². The summed E-state index contributed by atoms with van der Waals surface area (Å²) in [7, 11) is -2.07. The molecule has 0 N–H and O–H groups in total. The molecular formula is C25H39N3O5S. The van der Waals surface area contributed by atoms with Crippen molar-refractivity contribution in [3.05, 3.63) is 24.3 Å². The highest BCUT2D eigenvalue weighted by molar-refractivity contribution is 7.89. The fourth-order valence-electron chi connectivity index (χ4n) is 5.65. The van der Waals surface area contributed by atoms with Gasteiger partial charge in [0.25, 0.3) is 0 Å². The Kier molecular flexibility index (Phi) is 8.17. The molecule has 4 rings (SSSR count). The van der Waals surface area contributed by atoms with Gasteiger partial charge in [0.1, 0.15) is 5.75 Å². The Labute approximate surface area is 204 Å². The summed E-state index contributed by atoms with van der Waals surface area (Å²) in [5, 5.41) is 0. The average molecular weight is 494 g/mol. The molecule has 0 spiro atoms. The van der Waals surface area contributed by atoms with Crippen molar-refractivity contribution in [1.82, 2.24) is 14.1 Å². The molecule has 34 heavy (non-hydrogen) atoms. The van der Waals surface area contributed by atoms with Crippen molar-refractivity contribution in [3.63, 3.8) is 0 Å². The number of amides is 1. The Hall–Kier alpha value is -1.68. The van der Waals surface area contributed by atoms with Gasteiger partial charge in [0.2, 0.25) is 15.9 Å². The van der Waals surface area contributed by atoms with Crippen LogP contribution in [0.5, 0.6) is 5.75 Å². The van der Waals surface area contributed by atoms with Crippen LogP contribution in [0.3, 0.4) is 0 Å². The third-order valence-corrected chi connectivity index (χ3v) is 9.25. The Balaban J connectivity index is 1.30. The van der Waals surface area contributed by atoms with Crippen molar-refractivity contribution in [2.45, 2.75) is 56.6 Å². The van der Waals surface area contributed by atoms with Gasteiger partial charge in [0.15, 0.2) is 0 Å². The molecule has 3 fully saturated rings. The summed E-state index contributed by atoms with van der Waals surface area (Å²) in [5.41, 5.74) is 0. The first-order chi connectivity index (χ1) is 16.3. The zero-order valence-electron chi connectivity index (χ0n) is 20.7. The summed E-state index contributed by atoms with van der Waals surface area (Å²) in [5.74, 6) is 1.06. The summed E-state index contributed by atoms with van der Waals surface area (Å²) in [4.78, 5) is 18.0. The zero-order valence-corrected chi connectivity index (χ0v) is 21.5. The predicted molar refractivity (Wildman–Crippen MR) is 130 cm³/mol. The van der Waals surface area contributed by atoms with Crippen LogP contribution in [0.15, 0.2) is 29.2 Å². The van der Waals surface area contributed by atoms with Crippen molar-refractivity contribution in [3.8, 4) is 5.75 Å². The lowest BCUT2D eigenvalue weighted by Gasteiger charge is -2.40. The zero-order chi connectivity index (χ0) is 24.3. The first-order valence-electron chi connectivity index (χ1n) is 12.6. The fourth-order valence-corrected chi connectivity index (χ4v) is 7.18. The number of rotatable bonds is 6. The molecule has 1 aromatic rings. The topological polar surface area (TPSA) is 79.4 Å². The van der Waals surface area contributed by atoms with Gasteiger partial charge < -0.3 is 14.4 Å². The molecule has 0 bridgehead atoms. The third kappa shape index (κ3) is 5.93. The Bertz CT molecular complexity index is 920. The van der Waals surface area contributed by atoms with Crippen LogP contribution in [0.2, 0.25) is 0 Å². The molecule has 3 heterocycles. The van der Waals surface area contributed by atoms with Crippen LogP contribution < -0.4 is 4.74 Å². The average Bonchev–Trinajstić information content (AvgIpc) is 2.83. The van der Waals surface area contributed by atoms with Gasteiger partial charge in [-0.05, 0) is 69.7 Å². The second-order valence-corrected chi connectivity index (χ2v) is 12.1. The third-order valence-electron chi connectivity index (χ3n) is 7.37. The van der Waals surface area contributed by atoms with Crippen LogP contribution in [0.25, 0.3) is 0 Å². The van der Waals surface area contributed by atoms with E-state index in [9.17, 15) is 13.2 Å². The SMILES string of the molecule is COc1ccc(S(=O)(=O)N2CCCC(C(=O)N3CCC(CN4CC(C)OC(C)C4)CC3)C2)cc1. The molecule has 8 nitrogen and oxygen atoms in total. The van der Waals surface area contributed by atoms with Crippen molar-refractivity contribution in [2.24, 2.45) is 11.8 Å². The molecular weight excluding hydrogens is 454 g/mol. The standard InChI is InChI=1S/C25H39N3O5S/c1-19-15-26(16-20(2)33-19)17-21-10-13-27(14-11-21)25(29)22-5-4-12-28(18-22)34(30,31)24-8-6-23(32-3)7-9-24/h6-9,19-22H,4-5,10-18H2,1-3H3. The summed E-state index contributed by atoms with van der Waals surface area (Å²) in [6, 6.07) is 6.45. The number of likely N-dealkylation sites (tertiary alicyclic amines) is 1. The number of piperidine rings is 2. The predicted octanol–water partition coefficient (Wildman–Crippen LogP) is 2.44. The molecule has 3 aliphatic heterocycles. The second kappa shape index (κ2) is 10.9. The molecule has 1 amide bonds. The highest BCUT2D eigenvalue weighted by atomic mass is 32.2. The number of carbonyl (C=O) groups excluding carboxylic acids is 1. The van der Waals surface area contributed by atoms with E-state index in [-0.39, 0.29) is 35.5 Å². The largest absolute Gasteiger partial charge is 0.497 e. The highest BCUT2D eigenvalue weighted by Crippen LogP contribution is 2.28. The van der Waals surface area contributed by atoms with Gasteiger partial charge in [-0.1, -0.05) is 0 Å². The molecule has 0 saturated carbocycles. The summed E-state index contributed by atoms with van der Waals surface area (Å²) in [6.07, 6.45) is 4.01. The van der Waals surface area contributed by atoms with E-state index in [0.717, 1.165) is 52.0 Å². The van der Waals surface area contributed by atoms with Crippen LogP contribution in [-0.4, -0.2) is 93.6 Å². The van der Waals surface area contributed by atoms with E-state index < -0.39 is 10.0 Å². The quantitative estimate of drug-likeness (QED) is 0.606. The number of nitrogens with zero attached hydrogens (tertiary/aromatic N) is 3. The normalized spacial score (nSPS) is 28.1. The van der Waals surface area contributed by atoms with Crippen LogP contribution in [0.4, 0.5) is 0 Å². The van der Waals surface area contributed by atoms with Crippen molar-refractivity contribution in [1.29, 1.82) is 0 Å². The number of hydrogen-bond donors (Lipinski definition) is 0. The van der Waals surface area contributed by atoms with E-state index in [1.807, 2.05) is 4.90 Å². The summed E-state index contributed by atoms with van der Waals surface area (Å²) in [6.45, 7) is 9.53. The van der Waals surface area contributed by atoms with E-state index >= 15 is 0 Å². The molecule has 0 radical (unpaired) electrons. The Morgan fingerprint density at radius 2 is 1.65 bits per heavy atom. The number of sulfonamides is 1. The number of ether oxygens (including phenoxy) is 2. The summed E-state index contributed by atoms with van der Waals surface area (Å²) >= 11 is 0. The summed E-state index contributed by atoms with van der Waals surface area (Å²) < 4.78 is 38.8. The van der Waals surface area contributed by atoms with E-state index in [1.165, 1.54) is 4.31 Å². The maximum absolute atomic E-state index is 13.3. The number of carbonyl (C=O) groups is 1. The molecule has 9 heteroatoms. The molecule has 0 aromatic heterocycles. The molecule has 0 aliphatic carbocycles. The van der Waals surface area contributed by atoms with Gasteiger partial charge in [-0.3, -0.25) is 9.69 Å². The van der Waals surface area contributed by atoms with Gasteiger partial charge in [-0.2, -0.15) is 4.31 Å². The van der Waals surface area contributed by atoms with Gasteiger partial charge in [-0.15, -0.1) is 0 Å². The number of benzene rings is 1. The first-order valence-corrected chi connectivity index (χ1v) is 14.0. The lowest BCUT2D eigenvalue weighted by atomic mass is 9.93. The molecule has 190 valence electrons. The minimum atomic E-state index is -3.63. The maximum Gasteiger partial charge on any atom is 0.243 e. The smallest absolute Gasteiger partial charge is 0.243 e. The van der Waals surface area contributed by atoms with E-state index in [1.54, 1.807) is 31.4 Å². The number of methoxy groups -OCH3 is 1. The molecule has 3 atom stereocenters. The molecule has 3 unspecified atom stereocenters. The number of morpholine rings is 1. The van der Waals surface area contributed by atoms with Gasteiger partial charge >= 0.3 is 0 Å². The van der Waals surface area contributed by atoms with Crippen LogP contribution in [0.1, 0.15) is 39.5 Å². The Morgan fingerprint density at radius 3 is 2.26 bits per heavy atom. The second-order valence-electron chi connectivity index (χ2n) is 10.1. The fraction of sp³-hybridized carbons (Fsp3) is 0.720. The molecule has 3 saturated heterocycles. The van der Waals surface area contributed by atoms with Crippen LogP contribution in [-0.2, 0) is 19.6 Å². The first kappa shape index (κ1) is 25.4. The molecule has 1 aromatic carbocycles. The van der Waals surface area contributed by atoms with E-state index in [2.05, 4.69) is 18.7 Å². The minimum Gasteiger partial charge on any atom is -0.497 e. The lowest BCUT2D eigenvalue weighted by Crippen LogP contribution is -2.50. The number of hydrogen-bond acceptors (Lipinski definition) is 6. The van der Waals surface area contributed by atoms with Crippen molar-refractivity contribution < 1.29 is 22.7 Å². The van der Waals surface area contributed by atoms with Crippen LogP contribution in [0, 0.1) is 11.8 Å². The monoisotopic (exact) mass is 493 g/mol. The maximum atomic E-state index is 13.3. The van der Waals surface area contributed by atoms with Crippen molar-refractivity contribution >= 4 is 15.9 Å². The minimum absolute atomic E-state index is 0.113. The van der Waals surface area contributed by atoms with Gasteiger partial charge in [0, 0.05) is 45.8 Å². The van der Waals surface area contributed by atoms with Gasteiger partial charge in [-0.25, -0.2) is 8.42 Å². The highest BCUT2D eigenvalue weighted by Gasteiger charge is 2.36. The van der Waals surface area contributed by atoms with Gasteiger partial charge in [0.05, 0.1) is 30.1 Å². The van der Waals surface area contributed by atoms with E-state index in [4.69, 9.17) is 9.47 Å². The van der Waals surface area contributed by atoms with E-state index in [0.29, 0.717) is 24.6 Å². The lowest BCUT2D eigenvalue weighted by molar-refractivity contribution is -0.138. The Morgan fingerprint density at radius 1 is 1.00 bits per heavy atom. The molecule has 3 aliphatic rings.